The van der Waals surface area contributed by atoms with Gasteiger partial charge in [-0.05, 0) is 29.8 Å². The average Bonchev–Trinajstić information content (AvgIpc) is 3.58. The van der Waals surface area contributed by atoms with E-state index in [-0.39, 0.29) is 12.3 Å². The largest absolute Gasteiger partial charge is 0.492 e. The van der Waals surface area contributed by atoms with Gasteiger partial charge in [0.2, 0.25) is 0 Å². The Labute approximate surface area is 202 Å². The van der Waals surface area contributed by atoms with Crippen LogP contribution in [-0.4, -0.2) is 47.8 Å². The lowest BCUT2D eigenvalue weighted by Crippen LogP contribution is -2.03. The molecule has 11 heteroatoms. The van der Waals surface area contributed by atoms with Gasteiger partial charge in [-0.2, -0.15) is 10.2 Å². The van der Waals surface area contributed by atoms with Crippen LogP contribution >= 0.6 is 11.3 Å². The van der Waals surface area contributed by atoms with Crippen molar-refractivity contribution in [3.63, 3.8) is 0 Å². The first kappa shape index (κ1) is 21.6. The first-order chi connectivity index (χ1) is 17.1. The van der Waals surface area contributed by atoms with Crippen LogP contribution in [0, 0.1) is 11.6 Å². The number of thiazole rings is 1. The minimum atomic E-state index is -0.733. The average molecular weight is 493 g/mol. The molecule has 4 heterocycles. The molecular formula is C24H18F2N6O2S. The highest BCUT2D eigenvalue weighted by molar-refractivity contribution is 7.15. The lowest BCUT2D eigenvalue weighted by molar-refractivity contribution is 0.269. The van der Waals surface area contributed by atoms with Gasteiger partial charge in [0.05, 0.1) is 31.6 Å². The highest BCUT2D eigenvalue weighted by atomic mass is 32.1. The van der Waals surface area contributed by atoms with Gasteiger partial charge in [0.25, 0.3) is 0 Å². The van der Waals surface area contributed by atoms with Gasteiger partial charge in [0.1, 0.15) is 23.6 Å². The highest BCUT2D eigenvalue weighted by Gasteiger charge is 2.24. The van der Waals surface area contributed by atoms with Crippen molar-refractivity contribution in [3.05, 3.63) is 71.6 Å². The van der Waals surface area contributed by atoms with Gasteiger partial charge < -0.3 is 9.84 Å². The first-order valence-electron chi connectivity index (χ1n) is 10.9. The van der Waals surface area contributed by atoms with E-state index in [0.717, 1.165) is 33.3 Å². The number of aliphatic hydroxyl groups excluding tert-OH is 1. The van der Waals surface area contributed by atoms with Crippen molar-refractivity contribution >= 4 is 11.3 Å². The van der Waals surface area contributed by atoms with Gasteiger partial charge in [-0.25, -0.2) is 23.4 Å². The number of hydrogen-bond donors (Lipinski definition) is 1. The summed E-state index contributed by atoms with van der Waals surface area (Å²) < 4.78 is 36.9. The third kappa shape index (κ3) is 3.88. The molecule has 0 saturated heterocycles. The third-order valence-corrected chi connectivity index (χ3v) is 6.80. The summed E-state index contributed by atoms with van der Waals surface area (Å²) in [4.78, 5) is 10.2. The number of aromatic nitrogens is 6. The van der Waals surface area contributed by atoms with Crippen molar-refractivity contribution in [2.45, 2.75) is 13.0 Å². The zero-order valence-electron chi connectivity index (χ0n) is 18.2. The van der Waals surface area contributed by atoms with Crippen molar-refractivity contribution in [3.8, 4) is 44.7 Å². The molecule has 3 aromatic heterocycles. The number of benzene rings is 2. The molecule has 2 aromatic carbocycles. The van der Waals surface area contributed by atoms with Gasteiger partial charge in [0.15, 0.2) is 16.6 Å². The molecular weight excluding hydrogens is 474 g/mol. The number of ether oxygens (including phenoxy) is 1. The number of halogens is 2. The molecule has 0 fully saturated rings. The summed E-state index contributed by atoms with van der Waals surface area (Å²) >= 11 is 1.45. The number of fused-ring (bicyclic) bond motifs is 3. The van der Waals surface area contributed by atoms with Crippen molar-refractivity contribution in [2.75, 3.05) is 13.2 Å². The summed E-state index contributed by atoms with van der Waals surface area (Å²) in [5.41, 5.74) is 3.60. The number of rotatable bonds is 5. The zero-order valence-corrected chi connectivity index (χ0v) is 19.0. The minimum absolute atomic E-state index is 0.0188. The minimum Gasteiger partial charge on any atom is -0.492 e. The number of aliphatic hydroxyl groups is 1. The first-order valence-corrected chi connectivity index (χ1v) is 11.7. The smallest absolute Gasteiger partial charge is 0.192 e. The quantitative estimate of drug-likeness (QED) is 0.397. The predicted octanol–water partition coefficient (Wildman–Crippen LogP) is 4.13. The van der Waals surface area contributed by atoms with E-state index in [1.165, 1.54) is 34.5 Å². The molecule has 35 heavy (non-hydrogen) atoms. The van der Waals surface area contributed by atoms with Crippen molar-refractivity contribution in [2.24, 2.45) is 0 Å². The van der Waals surface area contributed by atoms with E-state index >= 15 is 0 Å². The zero-order chi connectivity index (χ0) is 23.9. The molecule has 0 unspecified atom stereocenters. The monoisotopic (exact) mass is 492 g/mol. The highest BCUT2D eigenvalue weighted by Crippen LogP contribution is 2.41. The van der Waals surface area contributed by atoms with E-state index in [9.17, 15) is 8.78 Å². The van der Waals surface area contributed by atoms with E-state index < -0.39 is 11.6 Å². The van der Waals surface area contributed by atoms with Crippen molar-refractivity contribution < 1.29 is 18.6 Å². The Morgan fingerprint density at radius 3 is 2.86 bits per heavy atom. The summed E-state index contributed by atoms with van der Waals surface area (Å²) in [7, 11) is 0. The van der Waals surface area contributed by atoms with Gasteiger partial charge in [0, 0.05) is 34.7 Å². The molecule has 1 aliphatic heterocycles. The molecule has 0 atom stereocenters. The number of hydrogen-bond acceptors (Lipinski definition) is 7. The fourth-order valence-electron chi connectivity index (χ4n) is 4.05. The standard InChI is InChI=1S/C24H18F2N6O2S/c25-16-2-4-19(18(26)10-16)32-23(27-13-29-32)24-30-22-17-3-1-14(15-11-28-31(12-15)6-7-33)9-20(17)34-8-5-21(22)35-24/h1-4,9-13,33H,5-8H2. The third-order valence-electron chi connectivity index (χ3n) is 5.69. The fourth-order valence-corrected chi connectivity index (χ4v) is 5.09. The molecule has 176 valence electrons. The van der Waals surface area contributed by atoms with Crippen LogP contribution < -0.4 is 4.74 Å². The summed E-state index contributed by atoms with van der Waals surface area (Å²) in [6, 6.07) is 9.23. The molecule has 0 aliphatic carbocycles. The van der Waals surface area contributed by atoms with Crippen LogP contribution in [0.1, 0.15) is 4.88 Å². The van der Waals surface area contributed by atoms with E-state index in [1.807, 2.05) is 24.4 Å². The van der Waals surface area contributed by atoms with Crippen molar-refractivity contribution in [1.29, 1.82) is 0 Å². The van der Waals surface area contributed by atoms with E-state index in [4.69, 9.17) is 14.8 Å². The van der Waals surface area contributed by atoms with Gasteiger partial charge in [-0.1, -0.05) is 6.07 Å². The lowest BCUT2D eigenvalue weighted by Gasteiger charge is -2.09. The summed E-state index contributed by atoms with van der Waals surface area (Å²) in [6.45, 7) is 0.928. The predicted molar refractivity (Wildman–Crippen MR) is 125 cm³/mol. The van der Waals surface area contributed by atoms with Gasteiger partial charge >= 0.3 is 0 Å². The van der Waals surface area contributed by atoms with Crippen molar-refractivity contribution in [1.82, 2.24) is 29.5 Å². The number of nitrogens with zero attached hydrogens (tertiary/aromatic N) is 6. The summed E-state index contributed by atoms with van der Waals surface area (Å²) in [5, 5.41) is 18.1. The normalized spacial score (nSPS) is 12.7. The van der Waals surface area contributed by atoms with Crippen LogP contribution in [0.15, 0.2) is 55.1 Å². The Morgan fingerprint density at radius 1 is 1.09 bits per heavy atom. The maximum Gasteiger partial charge on any atom is 0.192 e. The Kier molecular flexibility index (Phi) is 5.34. The molecule has 0 bridgehead atoms. The van der Waals surface area contributed by atoms with Crippen LogP contribution in [-0.2, 0) is 13.0 Å². The molecule has 1 N–H and O–H groups in total. The SMILES string of the molecule is OCCn1cc(-c2ccc3c(c2)OCCc2sc(-c4ncnn4-c4ccc(F)cc4F)nc2-3)cn1. The molecule has 6 rings (SSSR count). The maximum atomic E-state index is 14.4. The molecule has 1 aliphatic rings. The second-order valence-electron chi connectivity index (χ2n) is 7.91. The Balaban J connectivity index is 1.39. The second kappa shape index (κ2) is 8.67. The van der Waals surface area contributed by atoms with E-state index in [1.54, 1.807) is 10.9 Å². The van der Waals surface area contributed by atoms with Crippen LogP contribution in [0.2, 0.25) is 0 Å². The molecule has 0 radical (unpaired) electrons. The lowest BCUT2D eigenvalue weighted by atomic mass is 10.0. The molecule has 5 aromatic rings. The fraction of sp³-hybridized carbons (Fsp3) is 0.167. The maximum absolute atomic E-state index is 14.4. The summed E-state index contributed by atoms with van der Waals surface area (Å²) in [5.74, 6) is -0.308. The Morgan fingerprint density at radius 2 is 2.00 bits per heavy atom. The summed E-state index contributed by atoms with van der Waals surface area (Å²) in [6.07, 6.45) is 5.61. The van der Waals surface area contributed by atoms with Crippen LogP contribution in [0.5, 0.6) is 5.75 Å². The molecule has 0 saturated carbocycles. The van der Waals surface area contributed by atoms with Gasteiger partial charge in [-0.15, -0.1) is 11.3 Å². The molecule has 8 nitrogen and oxygen atoms in total. The molecule has 0 amide bonds. The molecule has 0 spiro atoms. The Bertz CT molecular complexity index is 1540. The van der Waals surface area contributed by atoms with Crippen LogP contribution in [0.3, 0.4) is 0 Å². The van der Waals surface area contributed by atoms with Crippen LogP contribution in [0.4, 0.5) is 8.78 Å². The van der Waals surface area contributed by atoms with E-state index in [2.05, 4.69) is 15.2 Å². The topological polar surface area (TPSA) is 90.9 Å². The second-order valence-corrected chi connectivity index (χ2v) is 8.99. The van der Waals surface area contributed by atoms with Crippen LogP contribution in [0.25, 0.3) is 38.9 Å². The van der Waals surface area contributed by atoms with Gasteiger partial charge in [-0.3, -0.25) is 4.68 Å². The Hall–Kier alpha value is -3.96. The van der Waals surface area contributed by atoms with E-state index in [0.29, 0.717) is 36.2 Å².